The van der Waals surface area contributed by atoms with E-state index in [1.807, 2.05) is 6.92 Å². The Labute approximate surface area is 85.1 Å². The number of hydrogen-bond donors (Lipinski definition) is 1. The molecule has 1 amide bonds. The highest BCUT2D eigenvalue weighted by atomic mass is 16.2. The van der Waals surface area contributed by atoms with Gasteiger partial charge in [-0.05, 0) is 25.8 Å². The van der Waals surface area contributed by atoms with Crippen LogP contribution in [0, 0.1) is 11.8 Å². The topological polar surface area (TPSA) is 58.7 Å². The van der Waals surface area contributed by atoms with Gasteiger partial charge >= 0.3 is 0 Å². The summed E-state index contributed by atoms with van der Waals surface area (Å²) in [5, 5.41) is 5.88. The zero-order valence-electron chi connectivity index (χ0n) is 9.16. The van der Waals surface area contributed by atoms with Gasteiger partial charge in [-0.15, -0.1) is 0 Å². The largest absolute Gasteiger partial charge is 0.330 e. The minimum Gasteiger partial charge on any atom is -0.330 e. The van der Waals surface area contributed by atoms with E-state index in [9.17, 15) is 4.79 Å². The maximum Gasteiger partial charge on any atom is 0.251 e. The molecule has 80 valence electrons. The molecule has 1 aliphatic heterocycles. The summed E-state index contributed by atoms with van der Waals surface area (Å²) in [6.45, 7) is 7.25. The summed E-state index contributed by atoms with van der Waals surface area (Å²) in [6, 6.07) is 0. The predicted octanol–water partition coefficient (Wildman–Crippen LogP) is 0.825. The lowest BCUT2D eigenvalue weighted by molar-refractivity contribution is -0.131. The molecule has 4 heteroatoms. The Bertz CT molecular complexity index is 248. The van der Waals surface area contributed by atoms with E-state index in [0.29, 0.717) is 25.4 Å². The summed E-state index contributed by atoms with van der Waals surface area (Å²) in [5.41, 5.74) is 6.48. The molecule has 0 aromatic rings. The maximum absolute atomic E-state index is 11.8. The number of amides is 1. The van der Waals surface area contributed by atoms with Crippen molar-refractivity contribution >= 4 is 11.6 Å². The highest BCUT2D eigenvalue weighted by Crippen LogP contribution is 2.22. The van der Waals surface area contributed by atoms with E-state index in [1.165, 1.54) is 0 Å². The lowest BCUT2D eigenvalue weighted by atomic mass is 9.92. The summed E-state index contributed by atoms with van der Waals surface area (Å²) in [6.07, 6.45) is 0.715. The molecule has 0 radical (unpaired) electrons. The monoisotopic (exact) mass is 197 g/mol. The SMILES string of the molecule is CCN1N=C(C(C)C)C(CCN)C1=O. The van der Waals surface area contributed by atoms with Gasteiger partial charge in [-0.3, -0.25) is 4.79 Å². The molecule has 1 unspecified atom stereocenters. The highest BCUT2D eigenvalue weighted by Gasteiger charge is 2.35. The molecular weight excluding hydrogens is 178 g/mol. The third-order valence-electron chi connectivity index (χ3n) is 2.49. The minimum atomic E-state index is -0.0695. The molecule has 2 N–H and O–H groups in total. The molecule has 0 fully saturated rings. The second-order valence-corrected chi connectivity index (χ2v) is 3.86. The Balaban J connectivity index is 2.82. The van der Waals surface area contributed by atoms with E-state index in [-0.39, 0.29) is 11.8 Å². The van der Waals surface area contributed by atoms with Gasteiger partial charge in [-0.25, -0.2) is 5.01 Å². The molecule has 0 spiro atoms. The average Bonchev–Trinajstić information content (AvgIpc) is 2.45. The number of carbonyl (C=O) groups is 1. The first kappa shape index (κ1) is 11.2. The van der Waals surface area contributed by atoms with Crippen molar-refractivity contribution < 1.29 is 4.79 Å². The normalized spacial score (nSPS) is 22.1. The minimum absolute atomic E-state index is 0.0695. The first-order valence-electron chi connectivity index (χ1n) is 5.21. The summed E-state index contributed by atoms with van der Waals surface area (Å²) in [4.78, 5) is 11.8. The molecular formula is C10H19N3O. The van der Waals surface area contributed by atoms with Crippen LogP contribution >= 0.6 is 0 Å². The van der Waals surface area contributed by atoms with Crippen LogP contribution in [0.1, 0.15) is 27.2 Å². The van der Waals surface area contributed by atoms with Gasteiger partial charge in [0.05, 0.1) is 11.6 Å². The first-order chi connectivity index (χ1) is 6.61. The Kier molecular flexibility index (Phi) is 3.63. The predicted molar refractivity (Wildman–Crippen MR) is 56.8 cm³/mol. The van der Waals surface area contributed by atoms with E-state index in [0.717, 1.165) is 5.71 Å². The van der Waals surface area contributed by atoms with Crippen LogP contribution in [0.15, 0.2) is 5.10 Å². The molecule has 0 aromatic carbocycles. The van der Waals surface area contributed by atoms with Crippen LogP contribution in [0.4, 0.5) is 0 Å². The molecule has 1 aliphatic rings. The number of rotatable bonds is 4. The van der Waals surface area contributed by atoms with E-state index in [2.05, 4.69) is 18.9 Å². The Morgan fingerprint density at radius 2 is 2.21 bits per heavy atom. The van der Waals surface area contributed by atoms with E-state index in [1.54, 1.807) is 5.01 Å². The third kappa shape index (κ3) is 1.95. The van der Waals surface area contributed by atoms with Gasteiger partial charge in [0.1, 0.15) is 0 Å². The number of nitrogens with two attached hydrogens (primary N) is 1. The summed E-state index contributed by atoms with van der Waals surface area (Å²) in [5.74, 6) is 0.369. The molecule has 0 aromatic heterocycles. The number of hydrazone groups is 1. The fourth-order valence-electron chi connectivity index (χ4n) is 1.75. The number of carbonyl (C=O) groups excluding carboxylic acids is 1. The summed E-state index contributed by atoms with van der Waals surface area (Å²) >= 11 is 0. The number of nitrogens with zero attached hydrogens (tertiary/aromatic N) is 2. The quantitative estimate of drug-likeness (QED) is 0.725. The second kappa shape index (κ2) is 4.55. The molecule has 0 saturated carbocycles. The van der Waals surface area contributed by atoms with Crippen LogP contribution in [0.5, 0.6) is 0 Å². The van der Waals surface area contributed by atoms with Crippen molar-refractivity contribution in [3.8, 4) is 0 Å². The van der Waals surface area contributed by atoms with Gasteiger partial charge in [0.2, 0.25) is 0 Å². The van der Waals surface area contributed by atoms with Crippen LogP contribution < -0.4 is 5.73 Å². The summed E-state index contributed by atoms with van der Waals surface area (Å²) < 4.78 is 0. The fraction of sp³-hybridized carbons (Fsp3) is 0.800. The molecule has 1 atom stereocenters. The van der Waals surface area contributed by atoms with Crippen LogP contribution in [0.2, 0.25) is 0 Å². The van der Waals surface area contributed by atoms with E-state index < -0.39 is 0 Å². The van der Waals surface area contributed by atoms with Crippen molar-refractivity contribution in [1.29, 1.82) is 0 Å². The fourth-order valence-corrected chi connectivity index (χ4v) is 1.75. The van der Waals surface area contributed by atoms with Gasteiger partial charge in [0.15, 0.2) is 0 Å². The smallest absolute Gasteiger partial charge is 0.251 e. The van der Waals surface area contributed by atoms with Crippen molar-refractivity contribution in [3.63, 3.8) is 0 Å². The van der Waals surface area contributed by atoms with Crippen LogP contribution in [-0.4, -0.2) is 29.7 Å². The molecule has 0 aliphatic carbocycles. The van der Waals surface area contributed by atoms with Crippen LogP contribution in [0.25, 0.3) is 0 Å². The molecule has 0 saturated heterocycles. The van der Waals surface area contributed by atoms with Gasteiger partial charge in [0, 0.05) is 6.54 Å². The standard InChI is InChI=1S/C10H19N3O/c1-4-13-10(14)8(5-6-11)9(12-13)7(2)3/h7-8H,4-6,11H2,1-3H3. The van der Waals surface area contributed by atoms with Gasteiger partial charge in [0.25, 0.3) is 5.91 Å². The van der Waals surface area contributed by atoms with Crippen molar-refractivity contribution in [2.24, 2.45) is 22.7 Å². The molecule has 1 rings (SSSR count). The van der Waals surface area contributed by atoms with Crippen LogP contribution in [-0.2, 0) is 4.79 Å². The van der Waals surface area contributed by atoms with Gasteiger partial charge in [-0.2, -0.15) is 5.10 Å². The van der Waals surface area contributed by atoms with Crippen molar-refractivity contribution in [2.45, 2.75) is 27.2 Å². The van der Waals surface area contributed by atoms with Crippen molar-refractivity contribution in [3.05, 3.63) is 0 Å². The van der Waals surface area contributed by atoms with E-state index in [4.69, 9.17) is 5.73 Å². The van der Waals surface area contributed by atoms with Crippen molar-refractivity contribution in [1.82, 2.24) is 5.01 Å². The van der Waals surface area contributed by atoms with Crippen molar-refractivity contribution in [2.75, 3.05) is 13.1 Å². The van der Waals surface area contributed by atoms with Gasteiger partial charge < -0.3 is 5.73 Å². The Morgan fingerprint density at radius 3 is 2.64 bits per heavy atom. The Hall–Kier alpha value is -0.900. The second-order valence-electron chi connectivity index (χ2n) is 3.86. The zero-order chi connectivity index (χ0) is 10.7. The maximum atomic E-state index is 11.8. The Morgan fingerprint density at radius 1 is 1.57 bits per heavy atom. The molecule has 14 heavy (non-hydrogen) atoms. The van der Waals surface area contributed by atoms with Gasteiger partial charge in [-0.1, -0.05) is 13.8 Å². The van der Waals surface area contributed by atoms with Crippen LogP contribution in [0.3, 0.4) is 0 Å². The zero-order valence-corrected chi connectivity index (χ0v) is 9.16. The molecule has 0 bridgehead atoms. The van der Waals surface area contributed by atoms with E-state index >= 15 is 0 Å². The molecule has 4 nitrogen and oxygen atoms in total. The lowest BCUT2D eigenvalue weighted by Crippen LogP contribution is -2.30. The summed E-state index contributed by atoms with van der Waals surface area (Å²) in [7, 11) is 0. The third-order valence-corrected chi connectivity index (χ3v) is 2.49. The molecule has 1 heterocycles. The lowest BCUT2D eigenvalue weighted by Gasteiger charge is -2.12. The first-order valence-corrected chi connectivity index (χ1v) is 5.21. The average molecular weight is 197 g/mol. The highest BCUT2D eigenvalue weighted by molar-refractivity contribution is 6.08. The number of hydrogen-bond acceptors (Lipinski definition) is 3.